The summed E-state index contributed by atoms with van der Waals surface area (Å²) in [5.41, 5.74) is -2.02. The molecular weight excluding hydrogens is 383 g/mol. The van der Waals surface area contributed by atoms with Crippen molar-refractivity contribution < 1.29 is 18.9 Å². The number of aliphatic carboxylic acids is 1. The Morgan fingerprint density at radius 3 is 2.08 bits per heavy atom. The Bertz CT molecular complexity index is 404. The van der Waals surface area contributed by atoms with E-state index >= 15 is 0 Å². The highest BCUT2D eigenvalue weighted by atomic mass is 33.4. The molecule has 0 aromatic carbocycles. The Kier molecular flexibility index (Phi) is 11.6. The van der Waals surface area contributed by atoms with Crippen LogP contribution in [0.2, 0.25) is 0 Å². The molecule has 0 saturated carbocycles. The van der Waals surface area contributed by atoms with Gasteiger partial charge in [0.15, 0.2) is 0 Å². The molecule has 0 amide bonds. The maximum absolute atomic E-state index is 10.4. The van der Waals surface area contributed by atoms with Crippen molar-refractivity contribution in [3.05, 3.63) is 0 Å². The number of carboxylic acids is 1. The first-order valence-electron chi connectivity index (χ1n) is 8.75. The second-order valence-electron chi connectivity index (χ2n) is 7.03. The summed E-state index contributed by atoms with van der Waals surface area (Å²) < 4.78 is 11.6. The monoisotopic (exact) mass is 414 g/mol. The molecule has 0 radical (unpaired) electrons. The fraction of sp³-hybridized carbons (Fsp3) is 0.938. The first-order chi connectivity index (χ1) is 11.3. The van der Waals surface area contributed by atoms with Crippen LogP contribution in [0.4, 0.5) is 0 Å². The minimum Gasteiger partial charge on any atom is -0.481 e. The molecule has 8 heteroatoms. The van der Waals surface area contributed by atoms with Gasteiger partial charge < -0.3 is 14.2 Å². The molecule has 1 aliphatic heterocycles. The van der Waals surface area contributed by atoms with Crippen molar-refractivity contribution in [2.75, 3.05) is 19.0 Å². The molecule has 0 atom stereocenters. The van der Waals surface area contributed by atoms with Crippen molar-refractivity contribution in [2.45, 2.75) is 71.6 Å². The van der Waals surface area contributed by atoms with E-state index in [1.807, 2.05) is 0 Å². The van der Waals surface area contributed by atoms with Gasteiger partial charge in [0.1, 0.15) is 0 Å². The average molecular weight is 415 g/mol. The zero-order valence-electron chi connectivity index (χ0n) is 14.8. The van der Waals surface area contributed by atoms with Crippen molar-refractivity contribution >= 4 is 44.7 Å². The van der Waals surface area contributed by atoms with E-state index in [4.69, 9.17) is 26.0 Å². The van der Waals surface area contributed by atoms with Crippen molar-refractivity contribution in [3.63, 3.8) is 0 Å². The Hall–Kier alpha value is 0.740. The summed E-state index contributed by atoms with van der Waals surface area (Å²) in [6.07, 6.45) is 9.52. The largest absolute Gasteiger partial charge is 0.481 e. The minimum atomic E-state index is -2.11. The molecule has 1 saturated heterocycles. The number of rotatable bonds is 13. The van der Waals surface area contributed by atoms with E-state index in [-0.39, 0.29) is 5.41 Å². The van der Waals surface area contributed by atoms with Crippen LogP contribution in [0.1, 0.15) is 71.6 Å². The summed E-state index contributed by atoms with van der Waals surface area (Å²) in [6.45, 7) is 5.67. The van der Waals surface area contributed by atoms with E-state index in [0.29, 0.717) is 19.6 Å². The third kappa shape index (κ3) is 11.4. The highest BCUT2D eigenvalue weighted by molar-refractivity contribution is 9.03. The molecule has 0 aromatic heterocycles. The molecule has 1 aliphatic rings. The zero-order chi connectivity index (χ0) is 17.9. The minimum absolute atomic E-state index is 0.0845. The first kappa shape index (κ1) is 22.8. The summed E-state index contributed by atoms with van der Waals surface area (Å²) in [7, 11) is 3.42. The normalized spacial score (nSPS) is 19.2. The van der Waals surface area contributed by atoms with Gasteiger partial charge in [0.2, 0.25) is 0 Å². The quantitative estimate of drug-likeness (QED) is 0.217. The molecule has 0 bridgehead atoms. The Balaban J connectivity index is 1.87. The van der Waals surface area contributed by atoms with Crippen LogP contribution in [0.15, 0.2) is 0 Å². The van der Waals surface area contributed by atoms with Gasteiger partial charge in [-0.1, -0.05) is 63.2 Å². The topological polar surface area (TPSA) is 55.8 Å². The molecule has 0 aromatic rings. The van der Waals surface area contributed by atoms with Gasteiger partial charge in [0, 0.05) is 17.6 Å². The van der Waals surface area contributed by atoms with E-state index in [2.05, 4.69) is 13.8 Å². The van der Waals surface area contributed by atoms with Crippen LogP contribution in [-0.2, 0) is 25.6 Å². The maximum atomic E-state index is 10.4. The molecule has 1 heterocycles. The van der Waals surface area contributed by atoms with E-state index < -0.39 is 11.7 Å². The molecule has 4 nitrogen and oxygen atoms in total. The van der Waals surface area contributed by atoms with Crippen LogP contribution in [-0.4, -0.2) is 30.0 Å². The second kappa shape index (κ2) is 12.2. The van der Waals surface area contributed by atoms with Crippen LogP contribution >= 0.6 is 26.9 Å². The van der Waals surface area contributed by atoms with Crippen LogP contribution in [0.25, 0.3) is 0 Å². The Morgan fingerprint density at radius 2 is 1.54 bits per heavy atom. The van der Waals surface area contributed by atoms with Gasteiger partial charge in [-0.3, -0.25) is 4.79 Å². The number of hydrogen-bond donors (Lipinski definition) is 1. The number of carbonyl (C=O) groups is 1. The molecule has 0 unspecified atom stereocenters. The summed E-state index contributed by atoms with van der Waals surface area (Å²) in [4.78, 5) is 10.4. The highest BCUT2D eigenvalue weighted by Crippen LogP contribution is 2.68. The number of carboxylic acid groups (broad SMARTS) is 1. The molecule has 142 valence electrons. The predicted octanol–water partition coefficient (Wildman–Crippen LogP) is 6.26. The molecule has 1 rings (SSSR count). The van der Waals surface area contributed by atoms with E-state index in [9.17, 15) is 4.79 Å². The third-order valence-electron chi connectivity index (χ3n) is 3.74. The molecule has 0 spiro atoms. The van der Waals surface area contributed by atoms with E-state index in [1.54, 1.807) is 21.2 Å². The third-order valence-corrected chi connectivity index (χ3v) is 12.2. The summed E-state index contributed by atoms with van der Waals surface area (Å²) in [6, 6.07) is 0. The smallest absolute Gasteiger partial charge is 0.303 e. The lowest BCUT2D eigenvalue weighted by Crippen LogP contribution is -2.28. The lowest BCUT2D eigenvalue weighted by molar-refractivity contribution is -0.137. The lowest BCUT2D eigenvalue weighted by atomic mass is 9.97. The van der Waals surface area contributed by atoms with Crippen molar-refractivity contribution in [2.24, 2.45) is 5.41 Å². The van der Waals surface area contributed by atoms with Gasteiger partial charge in [-0.2, -0.15) is 0 Å². The Morgan fingerprint density at radius 1 is 1.04 bits per heavy atom. The highest BCUT2D eigenvalue weighted by Gasteiger charge is 2.33. The van der Waals surface area contributed by atoms with Crippen molar-refractivity contribution in [1.29, 1.82) is 0 Å². The zero-order valence-corrected chi connectivity index (χ0v) is 18.2. The van der Waals surface area contributed by atoms with Gasteiger partial charge in [0.05, 0.1) is 13.2 Å². The van der Waals surface area contributed by atoms with Crippen LogP contribution < -0.4 is 0 Å². The summed E-state index contributed by atoms with van der Waals surface area (Å²) in [5.74, 6) is 0.416. The number of unbranched alkanes of at least 4 members (excludes halogenated alkanes) is 7. The summed E-state index contributed by atoms with van der Waals surface area (Å²) >= 11 is 5.51. The molecule has 24 heavy (non-hydrogen) atoms. The molecule has 1 fully saturated rings. The molecule has 1 N–H and O–H groups in total. The predicted molar refractivity (Wildman–Crippen MR) is 109 cm³/mol. The van der Waals surface area contributed by atoms with Crippen LogP contribution in [0.5, 0.6) is 0 Å². The average Bonchev–Trinajstić information content (AvgIpc) is 2.52. The van der Waals surface area contributed by atoms with Gasteiger partial charge >= 0.3 is 5.97 Å². The SMILES string of the molecule is CC1(C)COP(=S)(SSCCCCCCCCCCC(=O)O)OC1. The van der Waals surface area contributed by atoms with E-state index in [1.165, 1.54) is 32.1 Å². The first-order valence-corrected chi connectivity index (χ1v) is 14.3. The molecular formula is C16H31O4PS3. The van der Waals surface area contributed by atoms with Crippen molar-refractivity contribution in [1.82, 2.24) is 0 Å². The van der Waals surface area contributed by atoms with Crippen LogP contribution in [0, 0.1) is 5.41 Å². The van der Waals surface area contributed by atoms with Gasteiger partial charge in [-0.15, -0.1) is 0 Å². The summed E-state index contributed by atoms with van der Waals surface area (Å²) in [5, 5.41) is 8.56. The fourth-order valence-electron chi connectivity index (χ4n) is 2.23. The van der Waals surface area contributed by atoms with Crippen LogP contribution in [0.3, 0.4) is 0 Å². The standard InChI is InChI=1S/C16H31O4PS3/c1-16(2)13-19-21(22,20-14-16)24-23-12-10-8-6-4-3-5-7-9-11-15(17)18/h3-14H2,1-2H3,(H,17,18). The van der Waals surface area contributed by atoms with Gasteiger partial charge in [0.25, 0.3) is 5.69 Å². The van der Waals surface area contributed by atoms with Gasteiger partial charge in [-0.25, -0.2) is 0 Å². The maximum Gasteiger partial charge on any atom is 0.303 e. The lowest BCUT2D eigenvalue weighted by Gasteiger charge is -2.35. The fourth-order valence-corrected chi connectivity index (χ4v) is 9.55. The van der Waals surface area contributed by atoms with Crippen molar-refractivity contribution in [3.8, 4) is 0 Å². The number of hydrogen-bond acceptors (Lipinski definition) is 6. The second-order valence-corrected chi connectivity index (χ2v) is 15.3. The Labute approximate surface area is 159 Å². The van der Waals surface area contributed by atoms with E-state index in [0.717, 1.165) is 25.0 Å². The van der Waals surface area contributed by atoms with Gasteiger partial charge in [-0.05, 0) is 35.1 Å². The molecule has 0 aliphatic carbocycles.